The highest BCUT2D eigenvalue weighted by molar-refractivity contribution is 5.13. The van der Waals surface area contributed by atoms with Crippen molar-refractivity contribution >= 4 is 0 Å². The Balaban J connectivity index is 4.14. The van der Waals surface area contributed by atoms with Gasteiger partial charge in [0, 0.05) is 12.5 Å². The molecule has 0 rings (SSSR count). The predicted molar refractivity (Wildman–Crippen MR) is 44.9 cm³/mol. The number of halogens is 1. The van der Waals surface area contributed by atoms with E-state index in [1.165, 1.54) is 12.2 Å². The lowest BCUT2D eigenvalue weighted by atomic mass is 10.3. The molecule has 0 bridgehead atoms. The maximum atomic E-state index is 12.7. The molecule has 0 saturated carbocycles. The Bertz CT molecular complexity index is 153. The molecule has 0 aromatic carbocycles. The normalized spacial score (nSPS) is 13.5. The standard InChI is InChI=1S/C9H15FO/c1-4-6-8(10)7-9(5-2)11-3/h6-7H,4-5H2,1-3H3/b8-6+,9-7+. The summed E-state index contributed by atoms with van der Waals surface area (Å²) in [6.07, 6.45) is 4.38. The van der Waals surface area contributed by atoms with Crippen LogP contribution in [0, 0.1) is 0 Å². The number of methoxy groups -OCH3 is 1. The van der Waals surface area contributed by atoms with Gasteiger partial charge in [-0.05, 0) is 12.5 Å². The number of hydrogen-bond donors (Lipinski definition) is 0. The first-order valence-electron chi connectivity index (χ1n) is 3.84. The third-order valence-electron chi connectivity index (χ3n) is 1.31. The van der Waals surface area contributed by atoms with E-state index in [1.807, 2.05) is 13.8 Å². The fourth-order valence-electron chi connectivity index (χ4n) is 0.713. The van der Waals surface area contributed by atoms with Gasteiger partial charge >= 0.3 is 0 Å². The third kappa shape index (κ3) is 4.59. The van der Waals surface area contributed by atoms with Crippen LogP contribution in [0.1, 0.15) is 26.7 Å². The molecular weight excluding hydrogens is 143 g/mol. The Morgan fingerprint density at radius 1 is 1.45 bits per heavy atom. The molecule has 0 aromatic heterocycles. The molecule has 0 fully saturated rings. The van der Waals surface area contributed by atoms with E-state index < -0.39 is 0 Å². The minimum absolute atomic E-state index is 0.216. The summed E-state index contributed by atoms with van der Waals surface area (Å²) in [5, 5.41) is 0. The predicted octanol–water partition coefficient (Wildman–Crippen LogP) is 3.19. The van der Waals surface area contributed by atoms with Gasteiger partial charge in [-0.1, -0.05) is 13.8 Å². The van der Waals surface area contributed by atoms with Crippen molar-refractivity contribution < 1.29 is 9.13 Å². The first-order chi connectivity index (χ1) is 5.24. The van der Waals surface area contributed by atoms with Crippen molar-refractivity contribution in [1.29, 1.82) is 0 Å². The van der Waals surface area contributed by atoms with Crippen LogP contribution >= 0.6 is 0 Å². The average molecular weight is 158 g/mol. The molecule has 0 heterocycles. The molecule has 0 aliphatic carbocycles. The SMILES string of the molecule is CC/C=C(F)\C=C(/CC)OC. The second kappa shape index (κ2) is 5.96. The van der Waals surface area contributed by atoms with Gasteiger partial charge in [-0.3, -0.25) is 0 Å². The van der Waals surface area contributed by atoms with E-state index in [0.29, 0.717) is 12.2 Å². The molecular formula is C9H15FO. The zero-order valence-corrected chi connectivity index (χ0v) is 7.36. The fraction of sp³-hybridized carbons (Fsp3) is 0.556. The van der Waals surface area contributed by atoms with Crippen molar-refractivity contribution in [2.75, 3.05) is 7.11 Å². The zero-order valence-electron chi connectivity index (χ0n) is 7.36. The summed E-state index contributed by atoms with van der Waals surface area (Å²) in [6, 6.07) is 0. The summed E-state index contributed by atoms with van der Waals surface area (Å²) in [5.41, 5.74) is 0. The summed E-state index contributed by atoms with van der Waals surface area (Å²) < 4.78 is 17.6. The number of ether oxygens (including phenoxy) is 1. The summed E-state index contributed by atoms with van der Waals surface area (Å²) in [7, 11) is 1.55. The molecule has 0 saturated heterocycles. The maximum absolute atomic E-state index is 12.7. The van der Waals surface area contributed by atoms with Gasteiger partial charge in [0.1, 0.15) is 5.83 Å². The largest absolute Gasteiger partial charge is 0.501 e. The molecule has 0 aliphatic heterocycles. The van der Waals surface area contributed by atoms with Gasteiger partial charge in [-0.25, -0.2) is 4.39 Å². The Kier molecular flexibility index (Phi) is 5.53. The Labute approximate surface area is 67.6 Å². The Hall–Kier alpha value is -0.790. The number of allylic oxidation sites excluding steroid dienone is 4. The molecule has 0 amide bonds. The molecule has 0 spiro atoms. The van der Waals surface area contributed by atoms with E-state index in [4.69, 9.17) is 4.74 Å². The van der Waals surface area contributed by atoms with Crippen LogP contribution in [0.3, 0.4) is 0 Å². The summed E-state index contributed by atoms with van der Waals surface area (Å²) in [4.78, 5) is 0. The molecule has 0 N–H and O–H groups in total. The lowest BCUT2D eigenvalue weighted by Gasteiger charge is -2.00. The lowest BCUT2D eigenvalue weighted by molar-refractivity contribution is 0.279. The van der Waals surface area contributed by atoms with Gasteiger partial charge in [0.25, 0.3) is 0 Å². The van der Waals surface area contributed by atoms with Gasteiger partial charge in [0.05, 0.1) is 12.9 Å². The maximum Gasteiger partial charge on any atom is 0.122 e. The second-order valence-corrected chi connectivity index (χ2v) is 2.17. The van der Waals surface area contributed by atoms with Gasteiger partial charge in [-0.15, -0.1) is 0 Å². The van der Waals surface area contributed by atoms with E-state index in [1.54, 1.807) is 7.11 Å². The topological polar surface area (TPSA) is 9.23 Å². The fourth-order valence-corrected chi connectivity index (χ4v) is 0.713. The molecule has 0 aliphatic rings. The molecule has 1 nitrogen and oxygen atoms in total. The summed E-state index contributed by atoms with van der Waals surface area (Å²) in [6.45, 7) is 3.82. The van der Waals surface area contributed by atoms with Crippen molar-refractivity contribution in [3.63, 3.8) is 0 Å². The van der Waals surface area contributed by atoms with E-state index in [0.717, 1.165) is 6.42 Å². The minimum atomic E-state index is -0.216. The van der Waals surface area contributed by atoms with Crippen molar-refractivity contribution in [2.24, 2.45) is 0 Å². The van der Waals surface area contributed by atoms with E-state index in [9.17, 15) is 4.39 Å². The Morgan fingerprint density at radius 2 is 2.09 bits per heavy atom. The number of rotatable bonds is 4. The highest BCUT2D eigenvalue weighted by Crippen LogP contribution is 2.08. The number of hydrogen-bond acceptors (Lipinski definition) is 1. The summed E-state index contributed by atoms with van der Waals surface area (Å²) >= 11 is 0. The first-order valence-corrected chi connectivity index (χ1v) is 3.84. The van der Waals surface area contributed by atoms with Crippen molar-refractivity contribution in [3.05, 3.63) is 23.7 Å². The van der Waals surface area contributed by atoms with Gasteiger partial charge in [0.2, 0.25) is 0 Å². The van der Waals surface area contributed by atoms with Crippen LogP contribution in [-0.4, -0.2) is 7.11 Å². The van der Waals surface area contributed by atoms with Crippen LogP contribution in [-0.2, 0) is 4.74 Å². The van der Waals surface area contributed by atoms with Crippen molar-refractivity contribution in [2.45, 2.75) is 26.7 Å². The summed E-state index contributed by atoms with van der Waals surface area (Å²) in [5.74, 6) is 0.457. The quantitative estimate of drug-likeness (QED) is 0.451. The monoisotopic (exact) mass is 158 g/mol. The van der Waals surface area contributed by atoms with Crippen molar-refractivity contribution in [3.8, 4) is 0 Å². The van der Waals surface area contributed by atoms with Crippen LogP contribution in [0.25, 0.3) is 0 Å². The lowest BCUT2D eigenvalue weighted by Crippen LogP contribution is -1.83. The van der Waals surface area contributed by atoms with Crippen LogP contribution in [0.5, 0.6) is 0 Å². The van der Waals surface area contributed by atoms with E-state index in [2.05, 4.69) is 0 Å². The van der Waals surface area contributed by atoms with Crippen LogP contribution < -0.4 is 0 Å². The Morgan fingerprint density at radius 3 is 2.45 bits per heavy atom. The van der Waals surface area contributed by atoms with Gasteiger partial charge in [-0.2, -0.15) is 0 Å². The average Bonchev–Trinajstić information content (AvgIpc) is 2.01. The first kappa shape index (κ1) is 10.2. The van der Waals surface area contributed by atoms with Gasteiger partial charge in [0.15, 0.2) is 0 Å². The molecule has 0 radical (unpaired) electrons. The molecule has 2 heteroatoms. The smallest absolute Gasteiger partial charge is 0.122 e. The zero-order chi connectivity index (χ0) is 8.69. The third-order valence-corrected chi connectivity index (χ3v) is 1.31. The van der Waals surface area contributed by atoms with Crippen LogP contribution in [0.2, 0.25) is 0 Å². The van der Waals surface area contributed by atoms with Gasteiger partial charge < -0.3 is 4.74 Å². The molecule has 11 heavy (non-hydrogen) atoms. The minimum Gasteiger partial charge on any atom is -0.501 e. The molecule has 0 atom stereocenters. The van der Waals surface area contributed by atoms with E-state index >= 15 is 0 Å². The highest BCUT2D eigenvalue weighted by atomic mass is 19.1. The second-order valence-electron chi connectivity index (χ2n) is 2.17. The van der Waals surface area contributed by atoms with Crippen LogP contribution in [0.4, 0.5) is 4.39 Å². The van der Waals surface area contributed by atoms with Crippen molar-refractivity contribution in [1.82, 2.24) is 0 Å². The van der Waals surface area contributed by atoms with Crippen LogP contribution in [0.15, 0.2) is 23.7 Å². The molecule has 0 aromatic rings. The highest BCUT2D eigenvalue weighted by Gasteiger charge is 1.93. The molecule has 0 unspecified atom stereocenters. The molecule has 64 valence electrons. The van der Waals surface area contributed by atoms with E-state index in [-0.39, 0.29) is 5.83 Å².